The number of allylic oxidation sites excluding steroid dienone is 5. The quantitative estimate of drug-likeness (QED) is 0.307. The van der Waals surface area contributed by atoms with E-state index >= 15 is 0 Å². The minimum atomic E-state index is 0.158. The fourth-order valence-electron chi connectivity index (χ4n) is 3.69. The van der Waals surface area contributed by atoms with Gasteiger partial charge in [-0.05, 0) is 50.3 Å². The van der Waals surface area contributed by atoms with Gasteiger partial charge in [0.05, 0.1) is 18.4 Å². The van der Waals surface area contributed by atoms with Gasteiger partial charge >= 0.3 is 0 Å². The van der Waals surface area contributed by atoms with Gasteiger partial charge in [0, 0.05) is 43.3 Å². The lowest BCUT2D eigenvalue weighted by Crippen LogP contribution is -2.23. The lowest BCUT2D eigenvalue weighted by atomic mass is 10.1. The molecule has 1 aliphatic rings. The number of rotatable bonds is 12. The highest BCUT2D eigenvalue weighted by atomic mass is 16.5. The maximum Gasteiger partial charge on any atom is 0.159 e. The Labute approximate surface area is 228 Å². The van der Waals surface area contributed by atoms with Gasteiger partial charge in [0.2, 0.25) is 0 Å². The number of aryl methyl sites for hydroxylation is 1. The third-order valence-electron chi connectivity index (χ3n) is 5.74. The fourth-order valence-corrected chi connectivity index (χ4v) is 3.69. The molecule has 2 aromatic heterocycles. The predicted octanol–water partition coefficient (Wildman–Crippen LogP) is 6.90. The van der Waals surface area contributed by atoms with Crippen LogP contribution in [0, 0.1) is 6.92 Å². The molecular weight excluding hydrogens is 474 g/mol. The van der Waals surface area contributed by atoms with E-state index in [-0.39, 0.29) is 6.10 Å². The summed E-state index contributed by atoms with van der Waals surface area (Å²) >= 11 is 0. The zero-order valence-corrected chi connectivity index (χ0v) is 23.7. The Morgan fingerprint density at radius 2 is 1.84 bits per heavy atom. The Kier molecular flexibility index (Phi) is 13.9. The first-order valence-corrected chi connectivity index (χ1v) is 13.4. The van der Waals surface area contributed by atoms with E-state index in [1.165, 1.54) is 5.57 Å². The standard InChI is InChI=1S/C29H37N5O2.C2H6/c1-6-8-21(3)9-10-22(4)16-32-29-26(15-24(7-2)28-30-17-23(5)18-31-28)27(33-20-34-29)19-36-25-11-13-35-14-12-25;1-2/h7-10,15,17-18,20,25H,2,4,6,11-14,16,19H2,1,3,5H3,(H,32,33,34);1-2H3/b10-9-,21-8+,24-15+;. The molecule has 7 nitrogen and oxygen atoms in total. The third kappa shape index (κ3) is 10.1. The van der Waals surface area contributed by atoms with Crippen molar-refractivity contribution in [2.24, 2.45) is 0 Å². The van der Waals surface area contributed by atoms with Gasteiger partial charge in [0.15, 0.2) is 5.82 Å². The van der Waals surface area contributed by atoms with Crippen molar-refractivity contribution in [2.75, 3.05) is 25.1 Å². The van der Waals surface area contributed by atoms with Crippen molar-refractivity contribution < 1.29 is 9.47 Å². The van der Waals surface area contributed by atoms with Crippen molar-refractivity contribution in [2.45, 2.75) is 66.6 Å². The fraction of sp³-hybridized carbons (Fsp3) is 0.419. The molecule has 1 fully saturated rings. The van der Waals surface area contributed by atoms with Gasteiger partial charge in [-0.15, -0.1) is 0 Å². The molecule has 0 radical (unpaired) electrons. The molecule has 0 bridgehead atoms. The summed E-state index contributed by atoms with van der Waals surface area (Å²) in [7, 11) is 0. The van der Waals surface area contributed by atoms with E-state index in [9.17, 15) is 0 Å². The maximum atomic E-state index is 6.20. The summed E-state index contributed by atoms with van der Waals surface area (Å²) < 4.78 is 11.6. The number of nitrogens with one attached hydrogen (secondary N) is 1. The van der Waals surface area contributed by atoms with Crippen LogP contribution in [-0.2, 0) is 16.1 Å². The van der Waals surface area contributed by atoms with Gasteiger partial charge < -0.3 is 14.8 Å². The van der Waals surface area contributed by atoms with Crippen LogP contribution in [0.3, 0.4) is 0 Å². The van der Waals surface area contributed by atoms with E-state index in [1.54, 1.807) is 24.8 Å². The summed E-state index contributed by atoms with van der Waals surface area (Å²) in [6.07, 6.45) is 18.1. The number of ether oxygens (including phenoxy) is 2. The molecule has 0 aromatic carbocycles. The first-order chi connectivity index (χ1) is 18.5. The van der Waals surface area contributed by atoms with Crippen molar-refractivity contribution in [3.63, 3.8) is 0 Å². The van der Waals surface area contributed by atoms with Crippen molar-refractivity contribution in [3.8, 4) is 0 Å². The Hall–Kier alpha value is -3.42. The van der Waals surface area contributed by atoms with E-state index in [0.29, 0.717) is 24.8 Å². The summed E-state index contributed by atoms with van der Waals surface area (Å²) in [4.78, 5) is 18.0. The zero-order chi connectivity index (χ0) is 27.8. The number of hydrogen-bond acceptors (Lipinski definition) is 7. The maximum absolute atomic E-state index is 6.20. The third-order valence-corrected chi connectivity index (χ3v) is 5.74. The first-order valence-electron chi connectivity index (χ1n) is 13.4. The van der Waals surface area contributed by atoms with Crippen LogP contribution in [0.15, 0.2) is 67.3 Å². The molecule has 0 unspecified atom stereocenters. The Morgan fingerprint density at radius 1 is 1.13 bits per heavy atom. The summed E-state index contributed by atoms with van der Waals surface area (Å²) in [6.45, 7) is 20.7. The molecule has 0 amide bonds. The Morgan fingerprint density at radius 3 is 2.50 bits per heavy atom. The number of anilines is 1. The molecule has 0 aliphatic carbocycles. The summed E-state index contributed by atoms with van der Waals surface area (Å²) in [5.74, 6) is 1.28. The van der Waals surface area contributed by atoms with Crippen LogP contribution >= 0.6 is 0 Å². The van der Waals surface area contributed by atoms with Gasteiger partial charge in [-0.2, -0.15) is 0 Å². The summed E-state index contributed by atoms with van der Waals surface area (Å²) in [5.41, 5.74) is 5.53. The molecule has 204 valence electrons. The average Bonchev–Trinajstić information content (AvgIpc) is 2.95. The van der Waals surface area contributed by atoms with E-state index in [4.69, 9.17) is 9.47 Å². The molecule has 0 spiro atoms. The molecular formula is C31H43N5O2. The molecule has 1 saturated heterocycles. The van der Waals surface area contributed by atoms with Crippen LogP contribution in [0.2, 0.25) is 0 Å². The minimum absolute atomic E-state index is 0.158. The second kappa shape index (κ2) is 17.2. The smallest absolute Gasteiger partial charge is 0.159 e. The molecule has 38 heavy (non-hydrogen) atoms. The second-order valence-electron chi connectivity index (χ2n) is 8.79. The Bertz CT molecular complexity index is 1110. The number of hydrogen-bond donors (Lipinski definition) is 1. The van der Waals surface area contributed by atoms with Crippen LogP contribution in [0.25, 0.3) is 11.6 Å². The highest BCUT2D eigenvalue weighted by Gasteiger charge is 2.17. The lowest BCUT2D eigenvalue weighted by Gasteiger charge is -2.22. The van der Waals surface area contributed by atoms with Crippen LogP contribution < -0.4 is 5.32 Å². The summed E-state index contributed by atoms with van der Waals surface area (Å²) in [5, 5.41) is 3.42. The molecule has 0 atom stereocenters. The highest BCUT2D eigenvalue weighted by molar-refractivity contribution is 5.87. The average molecular weight is 518 g/mol. The van der Waals surface area contributed by atoms with Crippen molar-refractivity contribution in [1.82, 2.24) is 19.9 Å². The van der Waals surface area contributed by atoms with Gasteiger partial charge in [-0.1, -0.05) is 63.8 Å². The highest BCUT2D eigenvalue weighted by Crippen LogP contribution is 2.25. The lowest BCUT2D eigenvalue weighted by molar-refractivity contribution is -0.0400. The molecule has 2 aromatic rings. The SMILES string of the molecule is C=C/C(=C\c1c(COC2CCOCC2)ncnc1NCC(=C)/C=C\C(C)=C\CC)c1ncc(C)cn1.CC. The molecule has 1 aliphatic heterocycles. The number of aromatic nitrogens is 4. The summed E-state index contributed by atoms with van der Waals surface area (Å²) in [6, 6.07) is 0. The van der Waals surface area contributed by atoms with Gasteiger partial charge in [0.25, 0.3) is 0 Å². The van der Waals surface area contributed by atoms with Gasteiger partial charge in [-0.25, -0.2) is 19.9 Å². The molecule has 7 heteroatoms. The van der Waals surface area contributed by atoms with E-state index < -0.39 is 0 Å². The van der Waals surface area contributed by atoms with Crippen molar-refractivity contribution in [1.29, 1.82) is 0 Å². The molecule has 0 saturated carbocycles. The monoisotopic (exact) mass is 517 g/mol. The van der Waals surface area contributed by atoms with Crippen molar-refractivity contribution in [3.05, 3.63) is 90.0 Å². The van der Waals surface area contributed by atoms with Gasteiger partial charge in [0.1, 0.15) is 12.1 Å². The normalized spacial score (nSPS) is 14.7. The molecule has 1 N–H and O–H groups in total. The van der Waals surface area contributed by atoms with Crippen LogP contribution in [-0.4, -0.2) is 45.8 Å². The second-order valence-corrected chi connectivity index (χ2v) is 8.79. The molecule has 3 rings (SSSR count). The Balaban J connectivity index is 0.00000247. The first kappa shape index (κ1) is 30.8. The van der Waals surface area contributed by atoms with E-state index in [0.717, 1.165) is 60.4 Å². The number of nitrogens with zero attached hydrogens (tertiary/aromatic N) is 4. The largest absolute Gasteiger partial charge is 0.381 e. The van der Waals surface area contributed by atoms with E-state index in [1.807, 2.05) is 32.9 Å². The van der Waals surface area contributed by atoms with Crippen molar-refractivity contribution >= 4 is 17.5 Å². The van der Waals surface area contributed by atoms with Crippen LogP contribution in [0.1, 0.15) is 69.6 Å². The zero-order valence-electron chi connectivity index (χ0n) is 23.7. The van der Waals surface area contributed by atoms with Crippen LogP contribution in [0.5, 0.6) is 0 Å². The van der Waals surface area contributed by atoms with E-state index in [2.05, 4.69) is 64.4 Å². The van der Waals surface area contributed by atoms with Crippen LogP contribution in [0.4, 0.5) is 5.82 Å². The predicted molar refractivity (Wildman–Crippen MR) is 158 cm³/mol. The topological polar surface area (TPSA) is 82.0 Å². The van der Waals surface area contributed by atoms with Gasteiger partial charge in [-0.3, -0.25) is 0 Å². The minimum Gasteiger partial charge on any atom is -0.381 e. The molecule has 3 heterocycles.